The number of ether oxygens (including phenoxy) is 1. The zero-order chi connectivity index (χ0) is 20.2. The van der Waals surface area contributed by atoms with E-state index >= 15 is 0 Å². The highest BCUT2D eigenvalue weighted by Crippen LogP contribution is 2.22. The summed E-state index contributed by atoms with van der Waals surface area (Å²) in [6.07, 6.45) is 0.768. The molecule has 0 N–H and O–H groups in total. The number of tetrazole rings is 1. The van der Waals surface area contributed by atoms with Gasteiger partial charge in [0.1, 0.15) is 6.61 Å². The fraction of sp³-hybridized carbons (Fsp3) is 0.273. The van der Waals surface area contributed by atoms with Crippen LogP contribution in [0.3, 0.4) is 0 Å². The van der Waals surface area contributed by atoms with E-state index in [-0.39, 0.29) is 12.5 Å². The molecule has 0 aliphatic heterocycles. The van der Waals surface area contributed by atoms with Crippen LogP contribution in [0, 0.1) is 6.92 Å². The molecular weight excluding hydrogens is 366 g/mol. The molecule has 29 heavy (non-hydrogen) atoms. The molecule has 2 heterocycles. The van der Waals surface area contributed by atoms with Gasteiger partial charge in [0.05, 0.1) is 5.52 Å². The number of rotatable bonds is 7. The van der Waals surface area contributed by atoms with Crippen molar-refractivity contribution in [3.63, 3.8) is 0 Å². The Labute approximate surface area is 168 Å². The normalized spacial score (nSPS) is 11.2. The molecule has 0 unspecified atom stereocenters. The second-order valence-corrected chi connectivity index (χ2v) is 7.13. The predicted molar refractivity (Wildman–Crippen MR) is 110 cm³/mol. The molecule has 7 nitrogen and oxygen atoms in total. The summed E-state index contributed by atoms with van der Waals surface area (Å²) in [5, 5.41) is 13.2. The molecular formula is C22H23N5O2. The molecule has 0 saturated heterocycles. The number of amides is 1. The van der Waals surface area contributed by atoms with Gasteiger partial charge in [-0.25, -0.2) is 0 Å². The van der Waals surface area contributed by atoms with Crippen LogP contribution in [0.2, 0.25) is 0 Å². The van der Waals surface area contributed by atoms with Gasteiger partial charge in [-0.1, -0.05) is 42.0 Å². The number of carbonyl (C=O) groups is 1. The minimum Gasteiger partial charge on any atom is -0.375 e. The summed E-state index contributed by atoms with van der Waals surface area (Å²) in [4.78, 5) is 14.5. The van der Waals surface area contributed by atoms with Gasteiger partial charge in [-0.05, 0) is 47.5 Å². The predicted octanol–water partition coefficient (Wildman–Crippen LogP) is 2.80. The van der Waals surface area contributed by atoms with Gasteiger partial charge in [0, 0.05) is 31.1 Å². The van der Waals surface area contributed by atoms with E-state index in [2.05, 4.69) is 46.7 Å². The van der Waals surface area contributed by atoms with Crippen LogP contribution >= 0.6 is 0 Å². The van der Waals surface area contributed by atoms with E-state index in [1.165, 1.54) is 12.7 Å². The van der Waals surface area contributed by atoms with Crippen LogP contribution in [0.1, 0.15) is 16.7 Å². The Kier molecular flexibility index (Phi) is 5.48. The molecule has 0 saturated carbocycles. The summed E-state index contributed by atoms with van der Waals surface area (Å²) >= 11 is 0. The number of hydrogen-bond acceptors (Lipinski definition) is 5. The Hall–Kier alpha value is -3.32. The fourth-order valence-electron chi connectivity index (χ4n) is 3.52. The zero-order valence-corrected chi connectivity index (χ0v) is 16.6. The van der Waals surface area contributed by atoms with E-state index in [4.69, 9.17) is 4.74 Å². The lowest BCUT2D eigenvalue weighted by atomic mass is 10.1. The van der Waals surface area contributed by atoms with Crippen molar-refractivity contribution in [1.82, 2.24) is 24.9 Å². The number of hydrogen-bond donors (Lipinski definition) is 0. The Morgan fingerprint density at radius 1 is 1.14 bits per heavy atom. The molecule has 2 aromatic carbocycles. The maximum atomic E-state index is 12.7. The van der Waals surface area contributed by atoms with Gasteiger partial charge in [-0.3, -0.25) is 4.79 Å². The van der Waals surface area contributed by atoms with Gasteiger partial charge < -0.3 is 9.64 Å². The van der Waals surface area contributed by atoms with Crippen molar-refractivity contribution in [2.75, 3.05) is 20.3 Å². The molecule has 0 aliphatic carbocycles. The van der Waals surface area contributed by atoms with Gasteiger partial charge >= 0.3 is 0 Å². The van der Waals surface area contributed by atoms with Crippen molar-refractivity contribution < 1.29 is 9.53 Å². The first-order valence-corrected chi connectivity index (χ1v) is 9.56. The van der Waals surface area contributed by atoms with Crippen LogP contribution < -0.4 is 0 Å². The number of methoxy groups -OCH3 is 1. The number of aryl methyl sites for hydroxylation is 1. The first-order chi connectivity index (χ1) is 14.2. The molecule has 2 aromatic heterocycles. The number of fused-ring (bicyclic) bond motifs is 3. The highest BCUT2D eigenvalue weighted by Gasteiger charge is 2.18. The lowest BCUT2D eigenvalue weighted by molar-refractivity contribution is -0.135. The minimum atomic E-state index is -0.0570. The van der Waals surface area contributed by atoms with Gasteiger partial charge in [0.15, 0.2) is 5.65 Å². The van der Waals surface area contributed by atoms with Crippen molar-refractivity contribution in [2.24, 2.45) is 0 Å². The summed E-state index contributed by atoms with van der Waals surface area (Å²) < 4.78 is 6.83. The molecule has 4 aromatic rings. The van der Waals surface area contributed by atoms with Gasteiger partial charge in [-0.2, -0.15) is 4.52 Å². The van der Waals surface area contributed by atoms with E-state index in [0.717, 1.165) is 28.5 Å². The van der Waals surface area contributed by atoms with Crippen LogP contribution in [0.4, 0.5) is 0 Å². The van der Waals surface area contributed by atoms with Crippen molar-refractivity contribution in [2.45, 2.75) is 19.9 Å². The topological polar surface area (TPSA) is 72.6 Å². The Morgan fingerprint density at radius 2 is 1.97 bits per heavy atom. The standard InChI is InChI=1S/C22H23N5O2/c1-16-8-9-20-18(12-16)13-19(22-23-24-25-27(20)22)14-26(21(28)15-29-2)11-10-17-6-4-3-5-7-17/h3-9,12-13H,10-11,14-15H2,1-2H3. The van der Waals surface area contributed by atoms with Crippen molar-refractivity contribution in [3.05, 3.63) is 71.3 Å². The van der Waals surface area contributed by atoms with Gasteiger partial charge in [0.2, 0.25) is 5.91 Å². The van der Waals surface area contributed by atoms with Gasteiger partial charge in [0.25, 0.3) is 0 Å². The third-order valence-corrected chi connectivity index (χ3v) is 4.99. The highest BCUT2D eigenvalue weighted by atomic mass is 16.5. The average molecular weight is 389 g/mol. The van der Waals surface area contributed by atoms with E-state index in [9.17, 15) is 4.79 Å². The number of nitrogens with zero attached hydrogens (tertiary/aromatic N) is 5. The second kappa shape index (κ2) is 8.36. The zero-order valence-electron chi connectivity index (χ0n) is 16.6. The lowest BCUT2D eigenvalue weighted by Gasteiger charge is -2.23. The molecule has 7 heteroatoms. The molecule has 4 rings (SSSR count). The second-order valence-electron chi connectivity index (χ2n) is 7.13. The Bertz CT molecular complexity index is 1140. The van der Waals surface area contributed by atoms with Crippen molar-refractivity contribution in [3.8, 4) is 0 Å². The highest BCUT2D eigenvalue weighted by molar-refractivity contribution is 5.84. The maximum Gasteiger partial charge on any atom is 0.248 e. The number of carbonyl (C=O) groups excluding carboxylic acids is 1. The fourth-order valence-corrected chi connectivity index (χ4v) is 3.52. The van der Waals surface area contributed by atoms with E-state index < -0.39 is 0 Å². The van der Waals surface area contributed by atoms with Crippen molar-refractivity contribution >= 4 is 22.5 Å². The van der Waals surface area contributed by atoms with Crippen LogP contribution in [0.5, 0.6) is 0 Å². The quantitative estimate of drug-likeness (QED) is 0.486. The number of benzene rings is 2. The van der Waals surface area contributed by atoms with Crippen LogP contribution in [-0.2, 0) is 22.5 Å². The van der Waals surface area contributed by atoms with Crippen LogP contribution in [0.25, 0.3) is 16.6 Å². The summed E-state index contributed by atoms with van der Waals surface area (Å²) in [7, 11) is 1.53. The maximum absolute atomic E-state index is 12.7. The van der Waals surface area contributed by atoms with E-state index in [1.807, 2.05) is 35.2 Å². The number of aromatic nitrogens is 4. The molecule has 1 amide bonds. The largest absolute Gasteiger partial charge is 0.375 e. The lowest BCUT2D eigenvalue weighted by Crippen LogP contribution is -2.35. The van der Waals surface area contributed by atoms with Crippen molar-refractivity contribution in [1.29, 1.82) is 0 Å². The average Bonchev–Trinajstić information content (AvgIpc) is 3.22. The molecule has 0 atom stereocenters. The molecule has 0 aliphatic rings. The summed E-state index contributed by atoms with van der Waals surface area (Å²) in [6, 6.07) is 18.4. The summed E-state index contributed by atoms with van der Waals surface area (Å²) in [5.41, 5.74) is 4.86. The van der Waals surface area contributed by atoms with E-state index in [0.29, 0.717) is 18.7 Å². The summed E-state index contributed by atoms with van der Waals surface area (Å²) in [5.74, 6) is -0.0570. The molecule has 0 radical (unpaired) electrons. The van der Waals surface area contributed by atoms with E-state index in [1.54, 1.807) is 4.52 Å². The molecule has 0 fully saturated rings. The first-order valence-electron chi connectivity index (χ1n) is 9.56. The summed E-state index contributed by atoms with van der Waals surface area (Å²) in [6.45, 7) is 3.11. The smallest absolute Gasteiger partial charge is 0.248 e. The van der Waals surface area contributed by atoms with Crippen LogP contribution in [0.15, 0.2) is 54.6 Å². The Morgan fingerprint density at radius 3 is 2.76 bits per heavy atom. The third kappa shape index (κ3) is 4.09. The SMILES string of the molecule is COCC(=O)N(CCc1ccccc1)Cc1cc2cc(C)ccc2n2nnnc12. The third-order valence-electron chi connectivity index (χ3n) is 4.99. The van der Waals surface area contributed by atoms with Crippen LogP contribution in [-0.4, -0.2) is 51.1 Å². The Balaban J connectivity index is 1.67. The monoisotopic (exact) mass is 389 g/mol. The molecule has 148 valence electrons. The first kappa shape index (κ1) is 19.0. The molecule has 0 bridgehead atoms. The molecule has 0 spiro atoms. The minimum absolute atomic E-state index is 0.0444. The number of pyridine rings is 1. The van der Waals surface area contributed by atoms with Gasteiger partial charge in [-0.15, -0.1) is 5.10 Å².